The maximum Gasteiger partial charge on any atom is 0.257 e. The topological polar surface area (TPSA) is 82.4 Å². The van der Waals surface area contributed by atoms with Crippen LogP contribution in [0.1, 0.15) is 43.0 Å². The molecule has 1 aromatic heterocycles. The number of fused-ring (bicyclic) bond motifs is 1. The molecule has 0 N–H and O–H groups in total. The molecule has 2 aromatic rings. The van der Waals surface area contributed by atoms with Gasteiger partial charge < -0.3 is 14.5 Å². The molecule has 7 nitrogen and oxygen atoms in total. The van der Waals surface area contributed by atoms with E-state index in [4.69, 9.17) is 10.00 Å². The fourth-order valence-corrected chi connectivity index (χ4v) is 4.77. The molecular formula is C21H19F2N5O2. The van der Waals surface area contributed by atoms with Crippen LogP contribution in [0.2, 0.25) is 0 Å². The summed E-state index contributed by atoms with van der Waals surface area (Å²) in [6.45, 7) is 1.03. The third kappa shape index (κ3) is 2.99. The van der Waals surface area contributed by atoms with E-state index < -0.39 is 17.2 Å². The minimum Gasteiger partial charge on any atom is -0.342 e. The van der Waals surface area contributed by atoms with Crippen LogP contribution >= 0.6 is 0 Å². The van der Waals surface area contributed by atoms with Gasteiger partial charge in [0.25, 0.3) is 5.91 Å². The average molecular weight is 411 g/mol. The number of benzene rings is 1. The molecule has 3 aliphatic rings. The Morgan fingerprint density at radius 2 is 1.90 bits per heavy atom. The van der Waals surface area contributed by atoms with Crippen molar-refractivity contribution < 1.29 is 18.3 Å². The normalized spacial score (nSPS) is 24.9. The van der Waals surface area contributed by atoms with Gasteiger partial charge in [0.2, 0.25) is 5.95 Å². The number of nitriles is 1. The second-order valence-electron chi connectivity index (χ2n) is 7.92. The molecule has 0 bridgehead atoms. The fraction of sp³-hybridized carbons (Fsp3) is 0.429. The monoisotopic (exact) mass is 411 g/mol. The molecule has 9 heteroatoms. The van der Waals surface area contributed by atoms with Crippen LogP contribution in [0.4, 0.5) is 14.7 Å². The fourth-order valence-electron chi connectivity index (χ4n) is 4.77. The molecule has 0 aliphatic carbocycles. The van der Waals surface area contributed by atoms with E-state index in [1.807, 2.05) is 11.0 Å². The first-order valence-corrected chi connectivity index (χ1v) is 9.94. The van der Waals surface area contributed by atoms with E-state index >= 15 is 0 Å². The summed E-state index contributed by atoms with van der Waals surface area (Å²) in [6.07, 6.45) is 3.33. The lowest BCUT2D eigenvalue weighted by molar-refractivity contribution is -0.140. The van der Waals surface area contributed by atoms with Crippen molar-refractivity contribution in [3.05, 3.63) is 53.4 Å². The number of amides is 1. The lowest BCUT2D eigenvalue weighted by atomic mass is 9.89. The number of halogens is 2. The molecule has 154 valence electrons. The zero-order chi connectivity index (χ0) is 20.9. The van der Waals surface area contributed by atoms with Crippen LogP contribution in [0.3, 0.4) is 0 Å². The summed E-state index contributed by atoms with van der Waals surface area (Å²) >= 11 is 0. The predicted octanol–water partition coefficient (Wildman–Crippen LogP) is 2.69. The molecule has 1 spiro atoms. The first-order valence-electron chi connectivity index (χ1n) is 9.94. The number of hydrogen-bond donors (Lipinski definition) is 0. The van der Waals surface area contributed by atoms with E-state index in [9.17, 15) is 13.6 Å². The van der Waals surface area contributed by atoms with Crippen LogP contribution in [0.15, 0.2) is 30.5 Å². The summed E-state index contributed by atoms with van der Waals surface area (Å²) in [5, 5.41) is 9.03. The third-order valence-electron chi connectivity index (χ3n) is 6.20. The summed E-state index contributed by atoms with van der Waals surface area (Å²) in [7, 11) is 0. The predicted molar refractivity (Wildman–Crippen MR) is 101 cm³/mol. The number of aromatic nitrogens is 2. The maximum absolute atomic E-state index is 13.7. The Kier molecular flexibility index (Phi) is 4.40. The van der Waals surface area contributed by atoms with E-state index in [2.05, 4.69) is 9.97 Å². The van der Waals surface area contributed by atoms with Gasteiger partial charge in [-0.1, -0.05) is 0 Å². The Hall–Kier alpha value is -3.12. The molecule has 3 fully saturated rings. The number of carbonyl (C=O) groups is 1. The van der Waals surface area contributed by atoms with Crippen molar-refractivity contribution in [2.24, 2.45) is 0 Å². The SMILES string of the molecule is N#Cc1ccnc(N2CCC3(CC2)O[C@@H]2CC[C@@H](c4cc(F)cc(F)c4)N2C3=O)n1. The van der Waals surface area contributed by atoms with Gasteiger partial charge in [-0.3, -0.25) is 4.79 Å². The summed E-state index contributed by atoms with van der Waals surface area (Å²) in [4.78, 5) is 25.4. The Morgan fingerprint density at radius 1 is 1.17 bits per heavy atom. The first-order chi connectivity index (χ1) is 14.5. The molecule has 3 saturated heterocycles. The van der Waals surface area contributed by atoms with Crippen LogP contribution in [0.5, 0.6) is 0 Å². The quantitative estimate of drug-likeness (QED) is 0.756. The van der Waals surface area contributed by atoms with Gasteiger partial charge >= 0.3 is 0 Å². The summed E-state index contributed by atoms with van der Waals surface area (Å²) in [5.41, 5.74) is -0.180. The minimum atomic E-state index is -0.932. The average Bonchev–Trinajstić information content (AvgIpc) is 3.26. The highest BCUT2D eigenvalue weighted by molar-refractivity contribution is 5.88. The molecule has 4 heterocycles. The van der Waals surface area contributed by atoms with Gasteiger partial charge in [-0.2, -0.15) is 5.26 Å². The molecule has 1 aromatic carbocycles. The number of carbonyl (C=O) groups excluding carboxylic acids is 1. The molecule has 0 saturated carbocycles. The Morgan fingerprint density at radius 3 is 2.60 bits per heavy atom. The highest BCUT2D eigenvalue weighted by Gasteiger charge is 2.58. The lowest BCUT2D eigenvalue weighted by Crippen LogP contribution is -2.50. The van der Waals surface area contributed by atoms with Crippen molar-refractivity contribution in [1.29, 1.82) is 5.26 Å². The molecule has 2 atom stereocenters. The Labute approximate surface area is 171 Å². The van der Waals surface area contributed by atoms with E-state index in [0.717, 1.165) is 6.07 Å². The third-order valence-corrected chi connectivity index (χ3v) is 6.20. The van der Waals surface area contributed by atoms with Crippen molar-refractivity contribution in [2.75, 3.05) is 18.0 Å². The van der Waals surface area contributed by atoms with Gasteiger partial charge in [-0.15, -0.1) is 0 Å². The zero-order valence-corrected chi connectivity index (χ0v) is 16.1. The lowest BCUT2D eigenvalue weighted by Gasteiger charge is -2.37. The smallest absolute Gasteiger partial charge is 0.257 e. The molecule has 3 aliphatic heterocycles. The van der Waals surface area contributed by atoms with Gasteiger partial charge in [0, 0.05) is 38.2 Å². The summed E-state index contributed by atoms with van der Waals surface area (Å²) in [5.74, 6) is -0.957. The van der Waals surface area contributed by atoms with Crippen LogP contribution in [0.25, 0.3) is 0 Å². The Balaban J connectivity index is 1.34. The van der Waals surface area contributed by atoms with Crippen LogP contribution < -0.4 is 4.90 Å². The summed E-state index contributed by atoms with van der Waals surface area (Å²) < 4.78 is 33.7. The molecule has 5 rings (SSSR count). The van der Waals surface area contributed by atoms with Gasteiger partial charge in [0.15, 0.2) is 5.60 Å². The van der Waals surface area contributed by atoms with Crippen LogP contribution in [-0.2, 0) is 9.53 Å². The van der Waals surface area contributed by atoms with Crippen molar-refractivity contribution in [1.82, 2.24) is 14.9 Å². The molecule has 0 radical (unpaired) electrons. The van der Waals surface area contributed by atoms with Crippen LogP contribution in [0, 0.1) is 23.0 Å². The highest BCUT2D eigenvalue weighted by atomic mass is 19.1. The van der Waals surface area contributed by atoms with Crippen molar-refractivity contribution in [3.8, 4) is 6.07 Å². The van der Waals surface area contributed by atoms with Crippen LogP contribution in [-0.4, -0.2) is 45.7 Å². The number of rotatable bonds is 2. The molecule has 1 amide bonds. The van der Waals surface area contributed by atoms with Gasteiger partial charge in [0.05, 0.1) is 6.04 Å². The number of anilines is 1. The summed E-state index contributed by atoms with van der Waals surface area (Å²) in [6, 6.07) is 6.57. The maximum atomic E-state index is 13.7. The number of nitrogens with zero attached hydrogens (tertiary/aromatic N) is 5. The van der Waals surface area contributed by atoms with E-state index in [1.165, 1.54) is 12.1 Å². The highest BCUT2D eigenvalue weighted by Crippen LogP contribution is 2.47. The first kappa shape index (κ1) is 18.9. The van der Waals surface area contributed by atoms with Crippen molar-refractivity contribution >= 4 is 11.9 Å². The number of hydrogen-bond acceptors (Lipinski definition) is 6. The van der Waals surface area contributed by atoms with E-state index in [0.29, 0.717) is 56.0 Å². The van der Waals surface area contributed by atoms with Gasteiger partial charge in [-0.25, -0.2) is 18.7 Å². The second kappa shape index (κ2) is 6.99. The number of ether oxygens (including phenoxy) is 1. The zero-order valence-electron chi connectivity index (χ0n) is 16.1. The van der Waals surface area contributed by atoms with Gasteiger partial charge in [-0.05, 0) is 36.6 Å². The van der Waals surface area contributed by atoms with Crippen molar-refractivity contribution in [3.63, 3.8) is 0 Å². The minimum absolute atomic E-state index is 0.119. The second-order valence-corrected chi connectivity index (χ2v) is 7.92. The number of piperidine rings is 1. The molecule has 0 unspecified atom stereocenters. The molecule has 30 heavy (non-hydrogen) atoms. The van der Waals surface area contributed by atoms with Crippen molar-refractivity contribution in [2.45, 2.75) is 43.6 Å². The van der Waals surface area contributed by atoms with Gasteiger partial charge in [0.1, 0.15) is 29.6 Å². The van der Waals surface area contributed by atoms with E-state index in [1.54, 1.807) is 17.2 Å². The largest absolute Gasteiger partial charge is 0.342 e. The Bertz CT molecular complexity index is 1030. The standard InChI is InChI=1S/C21H19F2N5O2/c22-14-9-13(10-15(23)11-14)17-1-2-18-28(17)19(29)21(30-18)4-7-27(8-5-21)20-25-6-3-16(12-24)26-20/h3,6,9-11,17-18H,1-2,4-5,7-8H2/t17-,18+/m0/s1. The molecular weight excluding hydrogens is 392 g/mol. The van der Waals surface area contributed by atoms with E-state index in [-0.39, 0.29) is 18.2 Å².